The van der Waals surface area contributed by atoms with Gasteiger partial charge in [-0.1, -0.05) is 6.07 Å². The third-order valence-electron chi connectivity index (χ3n) is 3.53. The first-order chi connectivity index (χ1) is 8.99. The summed E-state index contributed by atoms with van der Waals surface area (Å²) in [6, 6.07) is 5.87. The van der Waals surface area contributed by atoms with Gasteiger partial charge in [0.05, 0.1) is 11.0 Å². The monoisotopic (exact) mass is 316 g/mol. The molecule has 4 heteroatoms. The maximum atomic E-state index is 10.2. The molecule has 0 saturated heterocycles. The highest BCUT2D eigenvalue weighted by Gasteiger charge is 2.13. The largest absolute Gasteiger partial charge is 0.505 e. The van der Waals surface area contributed by atoms with Gasteiger partial charge in [0.15, 0.2) is 0 Å². The first-order valence-corrected chi connectivity index (χ1v) is 6.84. The number of hydrogen-bond donors (Lipinski definition) is 1. The molecule has 19 heavy (non-hydrogen) atoms. The van der Waals surface area contributed by atoms with E-state index in [0.717, 1.165) is 26.6 Å². The van der Waals surface area contributed by atoms with Gasteiger partial charge >= 0.3 is 0 Å². The molecule has 3 rings (SSSR count). The smallest absolute Gasteiger partial charge is 0.146 e. The summed E-state index contributed by atoms with van der Waals surface area (Å²) in [6.45, 7) is 5.93. The Labute approximate surface area is 119 Å². The van der Waals surface area contributed by atoms with Crippen molar-refractivity contribution in [2.75, 3.05) is 0 Å². The van der Waals surface area contributed by atoms with Crippen LogP contribution in [0.15, 0.2) is 22.7 Å². The number of phenols is 1. The van der Waals surface area contributed by atoms with Gasteiger partial charge in [-0.25, -0.2) is 9.97 Å². The lowest BCUT2D eigenvalue weighted by atomic mass is 10.1. The molecule has 0 saturated carbocycles. The minimum Gasteiger partial charge on any atom is -0.505 e. The molecule has 1 aromatic heterocycles. The van der Waals surface area contributed by atoms with Gasteiger partial charge in [0.2, 0.25) is 0 Å². The number of aromatic nitrogens is 2. The van der Waals surface area contributed by atoms with Gasteiger partial charge in [0, 0.05) is 4.47 Å². The van der Waals surface area contributed by atoms with Crippen molar-refractivity contribution < 1.29 is 5.11 Å². The van der Waals surface area contributed by atoms with Gasteiger partial charge in [-0.2, -0.15) is 0 Å². The van der Waals surface area contributed by atoms with Crippen molar-refractivity contribution in [3.63, 3.8) is 0 Å². The summed E-state index contributed by atoms with van der Waals surface area (Å²) in [5, 5.41) is 10.2. The van der Waals surface area contributed by atoms with Crippen LogP contribution in [-0.4, -0.2) is 15.1 Å². The van der Waals surface area contributed by atoms with E-state index in [1.54, 1.807) is 0 Å². The highest BCUT2D eigenvalue weighted by atomic mass is 79.9. The third kappa shape index (κ3) is 1.78. The molecule has 0 spiro atoms. The molecule has 96 valence electrons. The topological polar surface area (TPSA) is 46.0 Å². The second-order valence-electron chi connectivity index (χ2n) is 4.82. The van der Waals surface area contributed by atoms with E-state index < -0.39 is 0 Å². The minimum atomic E-state index is 0.202. The van der Waals surface area contributed by atoms with Crippen molar-refractivity contribution in [2.24, 2.45) is 0 Å². The molecule has 0 unspecified atom stereocenters. The minimum absolute atomic E-state index is 0.202. The van der Waals surface area contributed by atoms with Crippen LogP contribution < -0.4 is 0 Å². The van der Waals surface area contributed by atoms with E-state index in [1.807, 2.05) is 39.0 Å². The lowest BCUT2D eigenvalue weighted by Gasteiger charge is -2.09. The number of halogens is 1. The van der Waals surface area contributed by atoms with Crippen LogP contribution >= 0.6 is 15.9 Å². The number of benzene rings is 2. The van der Waals surface area contributed by atoms with E-state index in [9.17, 15) is 5.11 Å². The lowest BCUT2D eigenvalue weighted by molar-refractivity contribution is 0.476. The molecule has 1 N–H and O–H groups in total. The van der Waals surface area contributed by atoms with E-state index in [-0.39, 0.29) is 5.75 Å². The molecule has 0 radical (unpaired) electrons. The summed E-state index contributed by atoms with van der Waals surface area (Å²) < 4.78 is 0.852. The fraction of sp³-hybridized carbons (Fsp3) is 0.200. The van der Waals surface area contributed by atoms with Gasteiger partial charge in [-0.3, -0.25) is 0 Å². The van der Waals surface area contributed by atoms with Gasteiger partial charge in [-0.05, 0) is 65.5 Å². The summed E-state index contributed by atoms with van der Waals surface area (Å²) in [4.78, 5) is 9.23. The van der Waals surface area contributed by atoms with Gasteiger partial charge in [0.1, 0.15) is 16.8 Å². The van der Waals surface area contributed by atoms with E-state index in [1.165, 1.54) is 5.56 Å². The molecule has 0 atom stereocenters. The number of hydrogen-bond acceptors (Lipinski definition) is 3. The van der Waals surface area contributed by atoms with Crippen LogP contribution in [0, 0.1) is 20.8 Å². The molecule has 0 fully saturated rings. The molecular weight excluding hydrogens is 304 g/mol. The molecule has 2 aromatic carbocycles. The number of nitrogens with zero attached hydrogens (tertiary/aromatic N) is 2. The molecule has 0 bridgehead atoms. The Bertz CT molecular complexity index is 828. The van der Waals surface area contributed by atoms with Gasteiger partial charge < -0.3 is 5.11 Å². The summed E-state index contributed by atoms with van der Waals surface area (Å²) in [6.07, 6.45) is 0. The molecule has 3 nitrogen and oxygen atoms in total. The normalized spacial score (nSPS) is 11.4. The Kier molecular flexibility index (Phi) is 2.71. The number of aromatic hydroxyl groups is 1. The van der Waals surface area contributed by atoms with E-state index in [4.69, 9.17) is 0 Å². The lowest BCUT2D eigenvalue weighted by Crippen LogP contribution is -1.94. The number of rotatable bonds is 0. The molecule has 3 aromatic rings. The summed E-state index contributed by atoms with van der Waals surface area (Å²) >= 11 is 3.49. The maximum absolute atomic E-state index is 10.2. The fourth-order valence-electron chi connectivity index (χ4n) is 2.20. The molecule has 1 heterocycles. The quantitative estimate of drug-likeness (QED) is 0.633. The second-order valence-corrected chi connectivity index (χ2v) is 5.67. The van der Waals surface area contributed by atoms with E-state index >= 15 is 0 Å². The Morgan fingerprint density at radius 1 is 0.947 bits per heavy atom. The van der Waals surface area contributed by atoms with Crippen molar-refractivity contribution in [3.8, 4) is 5.75 Å². The summed E-state index contributed by atoms with van der Waals surface area (Å²) in [5.74, 6) is 0.202. The summed E-state index contributed by atoms with van der Waals surface area (Å²) in [7, 11) is 0. The van der Waals surface area contributed by atoms with Crippen LogP contribution in [0.2, 0.25) is 0 Å². The van der Waals surface area contributed by atoms with Crippen LogP contribution in [0.5, 0.6) is 5.75 Å². The predicted molar refractivity (Wildman–Crippen MR) is 80.6 cm³/mol. The number of phenolic OH excluding ortho intramolecular Hbond substituents is 1. The molecule has 0 aliphatic rings. The van der Waals surface area contributed by atoms with Crippen molar-refractivity contribution in [2.45, 2.75) is 20.8 Å². The van der Waals surface area contributed by atoms with Crippen molar-refractivity contribution in [1.29, 1.82) is 0 Å². The molecule has 0 aliphatic carbocycles. The van der Waals surface area contributed by atoms with Crippen LogP contribution in [0.1, 0.15) is 16.7 Å². The van der Waals surface area contributed by atoms with Crippen molar-refractivity contribution >= 4 is 38.0 Å². The summed E-state index contributed by atoms with van der Waals surface area (Å²) in [5.41, 5.74) is 6.00. The molecule has 0 aliphatic heterocycles. The maximum Gasteiger partial charge on any atom is 0.146 e. The average molecular weight is 317 g/mol. The van der Waals surface area contributed by atoms with Crippen LogP contribution in [0.3, 0.4) is 0 Å². The third-order valence-corrected chi connectivity index (χ3v) is 4.13. The second kappa shape index (κ2) is 4.17. The zero-order chi connectivity index (χ0) is 13.7. The molecule has 0 amide bonds. The van der Waals surface area contributed by atoms with Crippen LogP contribution in [0.4, 0.5) is 0 Å². The van der Waals surface area contributed by atoms with Gasteiger partial charge in [0.25, 0.3) is 0 Å². The predicted octanol–water partition coefficient (Wildman–Crippen LogP) is 4.18. The molecular formula is C15H13BrN2O. The van der Waals surface area contributed by atoms with Crippen molar-refractivity contribution in [3.05, 3.63) is 39.4 Å². The zero-order valence-electron chi connectivity index (χ0n) is 11.0. The Hall–Kier alpha value is -1.68. The highest BCUT2D eigenvalue weighted by molar-refractivity contribution is 9.10. The number of aryl methyl sites for hydroxylation is 3. The van der Waals surface area contributed by atoms with Crippen molar-refractivity contribution in [1.82, 2.24) is 9.97 Å². The average Bonchev–Trinajstić information content (AvgIpc) is 2.39. The Balaban J connectivity index is 2.56. The Morgan fingerprint density at radius 2 is 1.68 bits per heavy atom. The standard InChI is InChI=1S/C15H13BrN2O/c1-7-4-5-11-12(9(7)3)18-14-13(17-11)10(16)6-8(2)15(14)19/h4-6,19H,1-3H3. The first kappa shape index (κ1) is 12.4. The number of fused-ring (bicyclic) bond motifs is 2. The van der Waals surface area contributed by atoms with E-state index in [0.29, 0.717) is 11.0 Å². The zero-order valence-corrected chi connectivity index (χ0v) is 12.5. The Morgan fingerprint density at radius 3 is 2.42 bits per heavy atom. The highest BCUT2D eigenvalue weighted by Crippen LogP contribution is 2.33. The SMILES string of the molecule is Cc1ccc2nc3c(Br)cc(C)c(O)c3nc2c1C. The van der Waals surface area contributed by atoms with Crippen LogP contribution in [-0.2, 0) is 0 Å². The first-order valence-electron chi connectivity index (χ1n) is 6.05. The fourth-order valence-corrected chi connectivity index (χ4v) is 2.82. The van der Waals surface area contributed by atoms with Gasteiger partial charge in [-0.15, -0.1) is 0 Å². The van der Waals surface area contributed by atoms with Crippen LogP contribution in [0.25, 0.3) is 22.1 Å². The van der Waals surface area contributed by atoms with E-state index in [2.05, 4.69) is 25.9 Å².